The smallest absolute Gasteiger partial charge is 0.130 e. The number of aromatic nitrogens is 2. The second-order valence-corrected chi connectivity index (χ2v) is 3.95. The average Bonchev–Trinajstić information content (AvgIpc) is 2.14. The van der Waals surface area contributed by atoms with Gasteiger partial charge >= 0.3 is 0 Å². The molecule has 84 valence electrons. The number of anilines is 1. The Balaban J connectivity index is 2.65. The molecule has 0 aliphatic carbocycles. The van der Waals surface area contributed by atoms with Gasteiger partial charge in [-0.25, -0.2) is 9.97 Å². The molecule has 0 aliphatic heterocycles. The maximum Gasteiger partial charge on any atom is 0.130 e. The van der Waals surface area contributed by atoms with Crippen LogP contribution in [0.4, 0.5) is 5.82 Å². The molecule has 0 aromatic carbocycles. The first-order valence-corrected chi connectivity index (χ1v) is 4.82. The molecule has 0 saturated carbocycles. The predicted octanol–water partition coefficient (Wildman–Crippen LogP) is 0.249. The number of aliphatic hydroxyl groups excluding tert-OH is 1. The zero-order valence-corrected chi connectivity index (χ0v) is 9.28. The van der Waals surface area contributed by atoms with Crippen molar-refractivity contribution in [2.45, 2.75) is 26.4 Å². The Morgan fingerprint density at radius 3 is 2.60 bits per heavy atom. The van der Waals surface area contributed by atoms with E-state index in [1.165, 1.54) is 0 Å². The van der Waals surface area contributed by atoms with Gasteiger partial charge in [0, 0.05) is 18.3 Å². The molecular formula is C10H17N3O2. The molecule has 3 N–H and O–H groups in total. The van der Waals surface area contributed by atoms with Crippen molar-refractivity contribution in [2.24, 2.45) is 0 Å². The van der Waals surface area contributed by atoms with Crippen LogP contribution in [0.2, 0.25) is 0 Å². The van der Waals surface area contributed by atoms with Crippen molar-refractivity contribution >= 4 is 5.82 Å². The lowest BCUT2D eigenvalue weighted by Crippen LogP contribution is -2.37. The molecule has 1 rings (SSSR count). The van der Waals surface area contributed by atoms with Gasteiger partial charge in [-0.05, 0) is 20.8 Å². The lowest BCUT2D eigenvalue weighted by atomic mass is 10.1. The van der Waals surface area contributed by atoms with E-state index in [4.69, 9.17) is 5.11 Å². The summed E-state index contributed by atoms with van der Waals surface area (Å²) in [5.41, 5.74) is -0.263. The summed E-state index contributed by atoms with van der Waals surface area (Å²) < 4.78 is 0. The van der Waals surface area contributed by atoms with Crippen LogP contribution in [-0.2, 0) is 0 Å². The van der Waals surface area contributed by atoms with E-state index in [0.717, 1.165) is 5.69 Å². The Morgan fingerprint density at radius 2 is 2.07 bits per heavy atom. The number of rotatable bonds is 4. The average molecular weight is 211 g/mol. The van der Waals surface area contributed by atoms with Crippen LogP contribution in [0, 0.1) is 13.8 Å². The molecule has 1 aromatic heterocycles. The molecule has 15 heavy (non-hydrogen) atoms. The summed E-state index contributed by atoms with van der Waals surface area (Å²) >= 11 is 0. The van der Waals surface area contributed by atoms with Crippen molar-refractivity contribution in [3.63, 3.8) is 0 Å². The number of nitrogens with zero attached hydrogens (tertiary/aromatic N) is 2. The van der Waals surface area contributed by atoms with Crippen LogP contribution in [0.15, 0.2) is 6.07 Å². The standard InChI is InChI=1S/C10H17N3O2/c1-7-4-9(13-8(2)12-7)11-5-10(3,15)6-14/h4,14-15H,5-6H2,1-3H3,(H,11,12,13). The second kappa shape index (κ2) is 4.55. The number of aliphatic hydroxyl groups is 2. The molecule has 0 saturated heterocycles. The van der Waals surface area contributed by atoms with Gasteiger partial charge in [-0.3, -0.25) is 0 Å². The molecule has 0 aliphatic rings. The molecule has 0 radical (unpaired) electrons. The molecule has 1 aromatic rings. The van der Waals surface area contributed by atoms with Crippen molar-refractivity contribution in [2.75, 3.05) is 18.5 Å². The van der Waals surface area contributed by atoms with E-state index in [1.54, 1.807) is 13.0 Å². The highest BCUT2D eigenvalue weighted by Crippen LogP contribution is 2.08. The third-order valence-corrected chi connectivity index (χ3v) is 1.96. The maximum atomic E-state index is 9.57. The minimum atomic E-state index is -1.13. The van der Waals surface area contributed by atoms with Crippen molar-refractivity contribution < 1.29 is 10.2 Å². The van der Waals surface area contributed by atoms with Gasteiger partial charge in [0.25, 0.3) is 0 Å². The van der Waals surface area contributed by atoms with Gasteiger partial charge in [0.2, 0.25) is 0 Å². The van der Waals surface area contributed by atoms with Crippen LogP contribution in [-0.4, -0.2) is 38.9 Å². The molecule has 0 fully saturated rings. The van der Waals surface area contributed by atoms with E-state index in [-0.39, 0.29) is 13.2 Å². The molecule has 0 amide bonds. The SMILES string of the molecule is Cc1cc(NCC(C)(O)CO)nc(C)n1. The lowest BCUT2D eigenvalue weighted by Gasteiger charge is -2.21. The van der Waals surface area contributed by atoms with Gasteiger partial charge in [-0.15, -0.1) is 0 Å². The van der Waals surface area contributed by atoms with E-state index in [1.807, 2.05) is 13.8 Å². The first-order valence-electron chi connectivity index (χ1n) is 4.82. The zero-order valence-electron chi connectivity index (χ0n) is 9.28. The van der Waals surface area contributed by atoms with Gasteiger partial charge in [0.15, 0.2) is 0 Å². The van der Waals surface area contributed by atoms with Gasteiger partial charge in [-0.2, -0.15) is 0 Å². The fourth-order valence-electron chi connectivity index (χ4n) is 1.14. The summed E-state index contributed by atoms with van der Waals surface area (Å²) in [5.74, 6) is 1.34. The lowest BCUT2D eigenvalue weighted by molar-refractivity contribution is 0.0131. The summed E-state index contributed by atoms with van der Waals surface area (Å²) in [4.78, 5) is 8.29. The topological polar surface area (TPSA) is 78.3 Å². The van der Waals surface area contributed by atoms with Crippen molar-refractivity contribution in [3.05, 3.63) is 17.6 Å². The Labute approximate surface area is 89.2 Å². The second-order valence-electron chi connectivity index (χ2n) is 3.95. The summed E-state index contributed by atoms with van der Waals surface area (Å²) in [5, 5.41) is 21.4. The van der Waals surface area contributed by atoms with Crippen LogP contribution in [0.3, 0.4) is 0 Å². The molecular weight excluding hydrogens is 194 g/mol. The van der Waals surface area contributed by atoms with Gasteiger partial charge in [0.1, 0.15) is 17.2 Å². The van der Waals surface area contributed by atoms with Crippen LogP contribution in [0.1, 0.15) is 18.4 Å². The van der Waals surface area contributed by atoms with Gasteiger partial charge in [-0.1, -0.05) is 0 Å². The monoisotopic (exact) mass is 211 g/mol. The van der Waals surface area contributed by atoms with Crippen LogP contribution < -0.4 is 5.32 Å². The van der Waals surface area contributed by atoms with E-state index in [2.05, 4.69) is 15.3 Å². The molecule has 1 atom stereocenters. The van der Waals surface area contributed by atoms with Crippen LogP contribution in [0.5, 0.6) is 0 Å². The van der Waals surface area contributed by atoms with Crippen molar-refractivity contribution in [3.8, 4) is 0 Å². The number of aryl methyl sites for hydroxylation is 2. The summed E-state index contributed by atoms with van der Waals surface area (Å²) in [6.45, 7) is 5.20. The minimum Gasteiger partial charge on any atom is -0.393 e. The third-order valence-electron chi connectivity index (χ3n) is 1.96. The summed E-state index contributed by atoms with van der Waals surface area (Å²) in [7, 11) is 0. The first-order chi connectivity index (χ1) is 6.93. The third kappa shape index (κ3) is 3.81. The van der Waals surface area contributed by atoms with Crippen molar-refractivity contribution in [1.29, 1.82) is 0 Å². The zero-order chi connectivity index (χ0) is 11.5. The van der Waals surface area contributed by atoms with E-state index < -0.39 is 5.60 Å². The van der Waals surface area contributed by atoms with Gasteiger partial charge < -0.3 is 15.5 Å². The van der Waals surface area contributed by atoms with E-state index >= 15 is 0 Å². The molecule has 1 heterocycles. The van der Waals surface area contributed by atoms with E-state index in [9.17, 15) is 5.11 Å². The summed E-state index contributed by atoms with van der Waals surface area (Å²) in [6, 6.07) is 1.79. The fraction of sp³-hybridized carbons (Fsp3) is 0.600. The Bertz CT molecular complexity index is 319. The number of hydrogen-bond donors (Lipinski definition) is 3. The number of nitrogens with one attached hydrogen (secondary N) is 1. The predicted molar refractivity (Wildman–Crippen MR) is 57.7 cm³/mol. The van der Waals surface area contributed by atoms with Crippen LogP contribution >= 0.6 is 0 Å². The highest BCUT2D eigenvalue weighted by molar-refractivity contribution is 5.36. The van der Waals surface area contributed by atoms with Crippen LogP contribution in [0.25, 0.3) is 0 Å². The van der Waals surface area contributed by atoms with Gasteiger partial charge in [0.05, 0.1) is 6.61 Å². The first kappa shape index (κ1) is 11.9. The largest absolute Gasteiger partial charge is 0.393 e. The van der Waals surface area contributed by atoms with E-state index in [0.29, 0.717) is 11.6 Å². The molecule has 0 spiro atoms. The minimum absolute atomic E-state index is 0.249. The van der Waals surface area contributed by atoms with Crippen molar-refractivity contribution in [1.82, 2.24) is 9.97 Å². The summed E-state index contributed by atoms with van der Waals surface area (Å²) in [6.07, 6.45) is 0. The Hall–Kier alpha value is -1.20. The quantitative estimate of drug-likeness (QED) is 0.665. The highest BCUT2D eigenvalue weighted by Gasteiger charge is 2.18. The Kier molecular flexibility index (Phi) is 3.60. The number of hydrogen-bond acceptors (Lipinski definition) is 5. The molecule has 5 nitrogen and oxygen atoms in total. The molecule has 1 unspecified atom stereocenters. The molecule has 0 bridgehead atoms. The fourth-order valence-corrected chi connectivity index (χ4v) is 1.14. The maximum absolute atomic E-state index is 9.57. The molecule has 5 heteroatoms. The highest BCUT2D eigenvalue weighted by atomic mass is 16.3. The normalized spacial score (nSPS) is 14.7. The Morgan fingerprint density at radius 1 is 1.40 bits per heavy atom.